The van der Waals surface area contributed by atoms with Crippen molar-refractivity contribution in [2.75, 3.05) is 38.6 Å². The maximum absolute atomic E-state index is 10.2. The van der Waals surface area contributed by atoms with Gasteiger partial charge in [-0.2, -0.15) is 0 Å². The zero-order valence-corrected chi connectivity index (χ0v) is 9.44. The van der Waals surface area contributed by atoms with Gasteiger partial charge in [-0.25, -0.2) is 4.79 Å². The van der Waals surface area contributed by atoms with E-state index in [0.29, 0.717) is 0 Å². The predicted molar refractivity (Wildman–Crippen MR) is 58.0 cm³/mol. The monoisotopic (exact) mass is 238 g/mol. The molecule has 0 aromatic heterocycles. The smallest absolute Gasteiger partial charge is 0.379 e. The van der Waals surface area contributed by atoms with E-state index in [1.165, 1.54) is 10.8 Å². The normalized spacial score (nSPS) is 18.0. The van der Waals surface area contributed by atoms with Gasteiger partial charge in [0, 0.05) is 25.4 Å². The number of nitrogens with zero attached hydrogens (tertiary/aromatic N) is 1. The Hall–Kier alpha value is -0.110. The number of ether oxygens (including phenoxy) is 1. The third kappa shape index (κ3) is 5.58. The van der Waals surface area contributed by atoms with E-state index in [-0.39, 0.29) is 0 Å². The van der Waals surface area contributed by atoms with Gasteiger partial charge in [0.25, 0.3) is 0 Å². The van der Waals surface area contributed by atoms with Crippen LogP contribution < -0.4 is 5.73 Å². The zero-order valence-electron chi connectivity index (χ0n) is 7.81. The van der Waals surface area contributed by atoms with E-state index in [4.69, 9.17) is 10.5 Å². The minimum absolute atomic E-state index is 0.742. The molecule has 5 nitrogen and oxygen atoms in total. The van der Waals surface area contributed by atoms with Crippen LogP contribution in [0.3, 0.4) is 0 Å². The van der Waals surface area contributed by atoms with Crippen LogP contribution in [0.1, 0.15) is 0 Å². The largest absolute Gasteiger partial charge is 0.417 e. The molecule has 2 N–H and O–H groups in total. The molecule has 0 spiro atoms. The first-order chi connectivity index (χ1) is 6.79. The Morgan fingerprint density at radius 1 is 1.50 bits per heavy atom. The number of carbonyl (C=O) groups is 1. The van der Waals surface area contributed by atoms with E-state index in [1.807, 2.05) is 0 Å². The number of carbonyl (C=O) groups excluding carboxylic acids is 1. The summed E-state index contributed by atoms with van der Waals surface area (Å²) in [5.74, 6) is 0.915. The van der Waals surface area contributed by atoms with Gasteiger partial charge in [0.2, 0.25) is 0 Å². The van der Waals surface area contributed by atoms with Gasteiger partial charge in [-0.05, 0) is 10.8 Å². The van der Waals surface area contributed by atoms with Crippen molar-refractivity contribution >= 4 is 28.0 Å². The molecule has 1 aliphatic heterocycles. The highest BCUT2D eigenvalue weighted by Crippen LogP contribution is 2.21. The van der Waals surface area contributed by atoms with Gasteiger partial charge in [0.05, 0.1) is 13.2 Å². The van der Waals surface area contributed by atoms with Crippen LogP contribution in [0.4, 0.5) is 4.79 Å². The fourth-order valence-corrected chi connectivity index (χ4v) is 2.37. The van der Waals surface area contributed by atoms with E-state index in [1.54, 1.807) is 0 Å². The van der Waals surface area contributed by atoms with Crippen molar-refractivity contribution in [1.82, 2.24) is 4.90 Å². The molecule has 0 aromatic carbocycles. The van der Waals surface area contributed by atoms with E-state index in [9.17, 15) is 4.79 Å². The number of amides is 1. The first-order valence-electron chi connectivity index (χ1n) is 4.34. The standard InChI is InChI=1S/C7H14N2O3S2/c8-7(10)12-14-13-6-3-9-1-4-11-5-2-9/h1-6H2,(H2,8,10). The van der Waals surface area contributed by atoms with Gasteiger partial charge in [0.1, 0.15) is 11.1 Å². The van der Waals surface area contributed by atoms with Gasteiger partial charge in [0.15, 0.2) is 0 Å². The van der Waals surface area contributed by atoms with Crippen LogP contribution in [0.2, 0.25) is 0 Å². The van der Waals surface area contributed by atoms with Crippen LogP contribution in [0, 0.1) is 0 Å². The molecule has 1 saturated heterocycles. The second kappa shape index (κ2) is 7.22. The number of rotatable bonds is 5. The molecule has 1 rings (SSSR count). The second-order valence-corrected chi connectivity index (χ2v) is 4.81. The number of hydrogen-bond acceptors (Lipinski definition) is 6. The molecule has 1 heterocycles. The lowest BCUT2D eigenvalue weighted by atomic mass is 10.4. The Morgan fingerprint density at radius 3 is 2.86 bits per heavy atom. The van der Waals surface area contributed by atoms with Crippen LogP contribution in [0.25, 0.3) is 0 Å². The van der Waals surface area contributed by atoms with E-state index in [2.05, 4.69) is 9.08 Å². The maximum atomic E-state index is 10.2. The molecule has 82 valence electrons. The topological polar surface area (TPSA) is 64.8 Å². The molecule has 0 radical (unpaired) electrons. The summed E-state index contributed by atoms with van der Waals surface area (Å²) in [4.78, 5) is 12.5. The van der Waals surface area contributed by atoms with Crippen molar-refractivity contribution in [2.24, 2.45) is 5.73 Å². The fourth-order valence-electron chi connectivity index (χ4n) is 1.08. The lowest BCUT2D eigenvalue weighted by molar-refractivity contribution is 0.0410. The van der Waals surface area contributed by atoms with Crippen molar-refractivity contribution < 1.29 is 13.7 Å². The lowest BCUT2D eigenvalue weighted by Gasteiger charge is -2.25. The van der Waals surface area contributed by atoms with Crippen molar-refractivity contribution in [3.05, 3.63) is 0 Å². The second-order valence-electron chi connectivity index (χ2n) is 2.75. The Kier molecular flexibility index (Phi) is 6.17. The van der Waals surface area contributed by atoms with Crippen molar-refractivity contribution in [1.29, 1.82) is 0 Å². The zero-order chi connectivity index (χ0) is 10.2. The first kappa shape index (κ1) is 12.0. The Morgan fingerprint density at radius 2 is 2.21 bits per heavy atom. The summed E-state index contributed by atoms with van der Waals surface area (Å²) in [6, 6.07) is 0. The average molecular weight is 238 g/mol. The highest BCUT2D eigenvalue weighted by molar-refractivity contribution is 8.75. The summed E-state index contributed by atoms with van der Waals surface area (Å²) in [5, 5.41) is 0. The molecular weight excluding hydrogens is 224 g/mol. The Labute approximate surface area is 91.3 Å². The van der Waals surface area contributed by atoms with Crippen LogP contribution in [0.5, 0.6) is 0 Å². The summed E-state index contributed by atoms with van der Waals surface area (Å²) in [6.45, 7) is 4.60. The third-order valence-corrected chi connectivity index (χ3v) is 3.43. The summed E-state index contributed by atoms with van der Waals surface area (Å²) in [5.41, 5.74) is 4.80. The molecule has 14 heavy (non-hydrogen) atoms. The van der Waals surface area contributed by atoms with E-state index in [0.717, 1.165) is 49.7 Å². The third-order valence-electron chi connectivity index (χ3n) is 1.76. The van der Waals surface area contributed by atoms with Gasteiger partial charge < -0.3 is 14.7 Å². The molecule has 1 fully saturated rings. The lowest BCUT2D eigenvalue weighted by Crippen LogP contribution is -2.37. The van der Waals surface area contributed by atoms with Crippen molar-refractivity contribution in [3.63, 3.8) is 0 Å². The molecule has 0 unspecified atom stereocenters. The van der Waals surface area contributed by atoms with Crippen LogP contribution in [0.15, 0.2) is 0 Å². The summed E-state index contributed by atoms with van der Waals surface area (Å²) in [7, 11) is 1.49. The highest BCUT2D eigenvalue weighted by atomic mass is 33.1. The van der Waals surface area contributed by atoms with Crippen LogP contribution >= 0.6 is 21.9 Å². The van der Waals surface area contributed by atoms with E-state index < -0.39 is 6.09 Å². The summed E-state index contributed by atoms with van der Waals surface area (Å²) < 4.78 is 9.73. The number of hydrogen-bond donors (Lipinski definition) is 1. The van der Waals surface area contributed by atoms with Gasteiger partial charge >= 0.3 is 6.09 Å². The fraction of sp³-hybridized carbons (Fsp3) is 0.857. The number of primary amides is 1. The van der Waals surface area contributed by atoms with Gasteiger partial charge in [-0.1, -0.05) is 0 Å². The molecular formula is C7H14N2O3S2. The average Bonchev–Trinajstić information content (AvgIpc) is 2.18. The van der Waals surface area contributed by atoms with Gasteiger partial charge in [-0.15, -0.1) is 0 Å². The Bertz CT molecular complexity index is 176. The van der Waals surface area contributed by atoms with E-state index >= 15 is 0 Å². The molecule has 0 aromatic rings. The minimum Gasteiger partial charge on any atom is -0.379 e. The molecule has 7 heteroatoms. The first-order valence-corrected chi connectivity index (χ1v) is 6.59. The molecule has 0 bridgehead atoms. The number of nitrogens with two attached hydrogens (primary N) is 1. The summed E-state index contributed by atoms with van der Waals surface area (Å²) >= 11 is 1.03. The molecule has 0 saturated carbocycles. The SMILES string of the molecule is NC(=O)OSSCCN1CCOCC1. The molecule has 0 aliphatic carbocycles. The van der Waals surface area contributed by atoms with Gasteiger partial charge in [-0.3, -0.25) is 4.90 Å². The highest BCUT2D eigenvalue weighted by Gasteiger charge is 2.09. The van der Waals surface area contributed by atoms with Crippen molar-refractivity contribution in [3.8, 4) is 0 Å². The molecule has 1 amide bonds. The van der Waals surface area contributed by atoms with Crippen LogP contribution in [-0.4, -0.2) is 49.6 Å². The Balaban J connectivity index is 1.90. The molecule has 0 atom stereocenters. The summed E-state index contributed by atoms with van der Waals surface area (Å²) in [6.07, 6.45) is -0.742. The van der Waals surface area contributed by atoms with Crippen molar-refractivity contribution in [2.45, 2.75) is 0 Å². The number of morpholine rings is 1. The minimum atomic E-state index is -0.742. The maximum Gasteiger partial charge on any atom is 0.417 e. The van der Waals surface area contributed by atoms with Crippen LogP contribution in [-0.2, 0) is 8.92 Å². The predicted octanol–water partition coefficient (Wildman–Crippen LogP) is 0.710. The quantitative estimate of drug-likeness (QED) is 0.432. The molecule has 1 aliphatic rings.